The molecule has 0 atom stereocenters. The van der Waals surface area contributed by atoms with Crippen LogP contribution in [-0.2, 0) is 16.2 Å². The van der Waals surface area contributed by atoms with E-state index in [0.717, 1.165) is 43.0 Å². The van der Waals surface area contributed by atoms with Gasteiger partial charge in [0.1, 0.15) is 0 Å². The van der Waals surface area contributed by atoms with Crippen LogP contribution in [0.15, 0.2) is 54.6 Å². The summed E-state index contributed by atoms with van der Waals surface area (Å²) in [4.78, 5) is 14.3. The average molecular weight is 457 g/mol. The van der Waals surface area contributed by atoms with Crippen molar-refractivity contribution in [3.8, 4) is 17.1 Å². The van der Waals surface area contributed by atoms with Crippen LogP contribution in [0.25, 0.3) is 17.1 Å². The SMILES string of the molecule is CCOC(=O)C1CCN(Cn2nc(-c3ccc(Cl)cc3)n(-c3ccccc3)c2=S)CC1. The van der Waals surface area contributed by atoms with Crippen LogP contribution in [0.1, 0.15) is 19.8 Å². The number of likely N-dealkylation sites (tertiary alicyclic amines) is 1. The highest BCUT2D eigenvalue weighted by Crippen LogP contribution is 2.25. The summed E-state index contributed by atoms with van der Waals surface area (Å²) in [7, 11) is 0. The number of nitrogens with zero attached hydrogens (tertiary/aromatic N) is 4. The fourth-order valence-corrected chi connectivity index (χ4v) is 4.27. The van der Waals surface area contributed by atoms with Gasteiger partial charge in [-0.25, -0.2) is 4.68 Å². The maximum atomic E-state index is 12.0. The van der Waals surface area contributed by atoms with Crippen LogP contribution < -0.4 is 0 Å². The summed E-state index contributed by atoms with van der Waals surface area (Å²) in [6.07, 6.45) is 1.57. The van der Waals surface area contributed by atoms with E-state index < -0.39 is 0 Å². The molecular formula is C23H25ClN4O2S. The van der Waals surface area contributed by atoms with Crippen molar-refractivity contribution < 1.29 is 9.53 Å². The highest BCUT2D eigenvalue weighted by Gasteiger charge is 2.26. The number of hydrogen-bond donors (Lipinski definition) is 0. The van der Waals surface area contributed by atoms with Crippen LogP contribution in [0.5, 0.6) is 0 Å². The van der Waals surface area contributed by atoms with E-state index >= 15 is 0 Å². The first-order valence-corrected chi connectivity index (χ1v) is 11.3. The third kappa shape index (κ3) is 4.89. The number of aromatic nitrogens is 3. The third-order valence-corrected chi connectivity index (χ3v) is 6.14. The zero-order valence-corrected chi connectivity index (χ0v) is 19.0. The van der Waals surface area contributed by atoms with E-state index in [2.05, 4.69) is 4.90 Å². The second-order valence-electron chi connectivity index (χ2n) is 7.57. The predicted octanol–water partition coefficient (Wildman–Crippen LogP) is 4.96. The number of benzene rings is 2. The Hall–Kier alpha value is -2.48. The molecule has 0 saturated carbocycles. The fraction of sp³-hybridized carbons (Fsp3) is 0.348. The fourth-order valence-electron chi connectivity index (χ4n) is 3.86. The van der Waals surface area contributed by atoms with Gasteiger partial charge in [-0.3, -0.25) is 14.3 Å². The molecule has 162 valence electrons. The normalized spacial score (nSPS) is 15.2. The Kier molecular flexibility index (Phi) is 6.85. The van der Waals surface area contributed by atoms with Crippen LogP contribution in [0.2, 0.25) is 5.02 Å². The summed E-state index contributed by atoms with van der Waals surface area (Å²) in [5, 5.41) is 5.54. The Balaban J connectivity index is 1.60. The van der Waals surface area contributed by atoms with Crippen LogP contribution in [0.3, 0.4) is 0 Å². The second-order valence-corrected chi connectivity index (χ2v) is 8.37. The molecule has 0 aliphatic carbocycles. The average Bonchev–Trinajstić information content (AvgIpc) is 3.11. The number of hydrogen-bond acceptors (Lipinski definition) is 5. The van der Waals surface area contributed by atoms with E-state index in [0.29, 0.717) is 23.1 Å². The van der Waals surface area contributed by atoms with Crippen LogP contribution in [0.4, 0.5) is 0 Å². The van der Waals surface area contributed by atoms with Gasteiger partial charge in [0, 0.05) is 29.4 Å². The standard InChI is InChI=1S/C23H25ClN4O2S/c1-2-30-22(29)18-12-14-26(15-13-18)16-27-23(31)28(20-6-4-3-5-7-20)21(25-27)17-8-10-19(24)11-9-17/h3-11,18H,2,12-16H2,1H3. The topological polar surface area (TPSA) is 52.3 Å². The summed E-state index contributed by atoms with van der Waals surface area (Å²) < 4.78 is 9.65. The van der Waals surface area contributed by atoms with Gasteiger partial charge in [-0.1, -0.05) is 29.8 Å². The Morgan fingerprint density at radius 1 is 1.13 bits per heavy atom. The van der Waals surface area contributed by atoms with E-state index in [-0.39, 0.29) is 11.9 Å². The highest BCUT2D eigenvalue weighted by atomic mass is 35.5. The molecule has 1 fully saturated rings. The van der Waals surface area contributed by atoms with E-state index in [1.807, 2.05) is 70.8 Å². The highest BCUT2D eigenvalue weighted by molar-refractivity contribution is 7.71. The van der Waals surface area contributed by atoms with Crippen molar-refractivity contribution in [2.24, 2.45) is 5.92 Å². The van der Waals surface area contributed by atoms with Gasteiger partial charge in [-0.2, -0.15) is 0 Å². The number of rotatable bonds is 6. The molecule has 1 saturated heterocycles. The molecule has 1 aromatic heterocycles. The lowest BCUT2D eigenvalue weighted by molar-refractivity contribution is -0.149. The van der Waals surface area contributed by atoms with Crippen molar-refractivity contribution in [2.75, 3.05) is 19.7 Å². The van der Waals surface area contributed by atoms with Crippen LogP contribution in [0, 0.1) is 10.7 Å². The molecule has 2 aromatic carbocycles. The summed E-state index contributed by atoms with van der Waals surface area (Å²) in [6, 6.07) is 17.6. The van der Waals surface area contributed by atoms with Gasteiger partial charge in [0.2, 0.25) is 4.77 Å². The molecule has 0 bridgehead atoms. The van der Waals surface area contributed by atoms with Crippen molar-refractivity contribution in [2.45, 2.75) is 26.4 Å². The number of para-hydroxylation sites is 1. The molecule has 3 aromatic rings. The lowest BCUT2D eigenvalue weighted by Crippen LogP contribution is -2.38. The minimum absolute atomic E-state index is 0.0179. The molecule has 2 heterocycles. The minimum Gasteiger partial charge on any atom is -0.466 e. The molecule has 8 heteroatoms. The van der Waals surface area contributed by atoms with Gasteiger partial charge in [0.25, 0.3) is 0 Å². The van der Waals surface area contributed by atoms with Gasteiger partial charge < -0.3 is 4.74 Å². The molecule has 0 radical (unpaired) electrons. The van der Waals surface area contributed by atoms with Crippen molar-refractivity contribution in [3.63, 3.8) is 0 Å². The molecule has 6 nitrogen and oxygen atoms in total. The summed E-state index contributed by atoms with van der Waals surface area (Å²) >= 11 is 11.9. The number of ether oxygens (including phenoxy) is 1. The van der Waals surface area contributed by atoms with Gasteiger partial charge in [0.15, 0.2) is 5.82 Å². The molecular weight excluding hydrogens is 432 g/mol. The smallest absolute Gasteiger partial charge is 0.309 e. The Bertz CT molecular complexity index is 1090. The number of esters is 1. The summed E-state index contributed by atoms with van der Waals surface area (Å²) in [6.45, 7) is 4.46. The molecule has 0 amide bonds. The van der Waals surface area contributed by atoms with Crippen molar-refractivity contribution >= 4 is 29.8 Å². The number of carbonyl (C=O) groups is 1. The molecule has 0 spiro atoms. The largest absolute Gasteiger partial charge is 0.466 e. The van der Waals surface area contributed by atoms with E-state index in [4.69, 9.17) is 33.7 Å². The molecule has 0 N–H and O–H groups in total. The van der Waals surface area contributed by atoms with Gasteiger partial charge >= 0.3 is 5.97 Å². The number of halogens is 1. The Labute approximate surface area is 192 Å². The first-order chi connectivity index (χ1) is 15.1. The second kappa shape index (κ2) is 9.77. The first kappa shape index (κ1) is 21.7. The molecule has 4 rings (SSSR count). The Morgan fingerprint density at radius 3 is 2.45 bits per heavy atom. The van der Waals surface area contributed by atoms with Gasteiger partial charge in [-0.15, -0.1) is 5.10 Å². The lowest BCUT2D eigenvalue weighted by Gasteiger charge is -2.30. The van der Waals surface area contributed by atoms with Gasteiger partial charge in [-0.05, 0) is 68.4 Å². The minimum atomic E-state index is -0.0860. The number of carbonyl (C=O) groups excluding carboxylic acids is 1. The summed E-state index contributed by atoms with van der Waals surface area (Å²) in [5.41, 5.74) is 1.91. The van der Waals surface area contributed by atoms with Crippen LogP contribution >= 0.6 is 23.8 Å². The third-order valence-electron chi connectivity index (χ3n) is 5.50. The maximum Gasteiger partial charge on any atom is 0.309 e. The van der Waals surface area contributed by atoms with Crippen molar-refractivity contribution in [1.29, 1.82) is 0 Å². The maximum absolute atomic E-state index is 12.0. The van der Waals surface area contributed by atoms with Gasteiger partial charge in [0.05, 0.1) is 19.2 Å². The lowest BCUT2D eigenvalue weighted by atomic mass is 9.97. The Morgan fingerprint density at radius 2 is 1.81 bits per heavy atom. The molecule has 31 heavy (non-hydrogen) atoms. The molecule has 0 unspecified atom stereocenters. The number of piperidine rings is 1. The van der Waals surface area contributed by atoms with Crippen molar-refractivity contribution in [3.05, 3.63) is 64.4 Å². The van der Waals surface area contributed by atoms with Crippen molar-refractivity contribution in [1.82, 2.24) is 19.2 Å². The first-order valence-electron chi connectivity index (χ1n) is 10.5. The van der Waals surface area contributed by atoms with E-state index in [1.165, 1.54) is 0 Å². The summed E-state index contributed by atoms with van der Waals surface area (Å²) in [5.74, 6) is 0.669. The molecule has 1 aliphatic rings. The van der Waals surface area contributed by atoms with Crippen LogP contribution in [-0.4, -0.2) is 44.9 Å². The monoisotopic (exact) mass is 456 g/mol. The zero-order chi connectivity index (χ0) is 21.8. The zero-order valence-electron chi connectivity index (χ0n) is 17.4. The molecule has 1 aliphatic heterocycles. The quantitative estimate of drug-likeness (QED) is 0.387. The van der Waals surface area contributed by atoms with E-state index in [9.17, 15) is 4.79 Å². The predicted molar refractivity (Wildman–Crippen MR) is 124 cm³/mol. The van der Waals surface area contributed by atoms with E-state index in [1.54, 1.807) is 0 Å².